The van der Waals surface area contributed by atoms with Crippen molar-refractivity contribution in [3.63, 3.8) is 0 Å². The van der Waals surface area contributed by atoms with E-state index in [9.17, 15) is 10.1 Å². The summed E-state index contributed by atoms with van der Waals surface area (Å²) >= 11 is 3.19. The van der Waals surface area contributed by atoms with E-state index in [0.29, 0.717) is 10.3 Å². The van der Waals surface area contributed by atoms with E-state index >= 15 is 0 Å². The van der Waals surface area contributed by atoms with Gasteiger partial charge in [-0.15, -0.1) is 0 Å². The van der Waals surface area contributed by atoms with Gasteiger partial charge in [0.2, 0.25) is 5.82 Å². The molecule has 0 atom stereocenters. The molecule has 0 aliphatic carbocycles. The molecule has 2 heterocycles. The van der Waals surface area contributed by atoms with Gasteiger partial charge in [0.05, 0.1) is 4.92 Å². The Morgan fingerprint density at radius 2 is 2.05 bits per heavy atom. The molecule has 0 saturated carbocycles. The van der Waals surface area contributed by atoms with Crippen molar-refractivity contribution in [2.24, 2.45) is 5.73 Å². The maximum Gasteiger partial charge on any atom is 0.312 e. The van der Waals surface area contributed by atoms with Gasteiger partial charge in [0, 0.05) is 35.9 Å². The van der Waals surface area contributed by atoms with E-state index in [1.165, 1.54) is 6.07 Å². The Hall–Kier alpha value is -1.54. The molecule has 0 spiro atoms. The van der Waals surface area contributed by atoms with Crippen LogP contribution < -0.4 is 10.6 Å². The summed E-state index contributed by atoms with van der Waals surface area (Å²) in [6.07, 6.45) is 3.26. The monoisotopic (exact) mass is 330 g/mol. The Kier molecular flexibility index (Phi) is 5.84. The molecule has 0 amide bonds. The fraction of sp³-hybridized carbons (Fsp3) is 0.455. The van der Waals surface area contributed by atoms with Crippen LogP contribution in [-0.4, -0.2) is 35.8 Å². The van der Waals surface area contributed by atoms with Crippen molar-refractivity contribution in [3.05, 3.63) is 26.9 Å². The van der Waals surface area contributed by atoms with Crippen LogP contribution in [0.15, 0.2) is 16.7 Å². The molecule has 2 N–H and O–H groups in total. The van der Waals surface area contributed by atoms with Crippen molar-refractivity contribution in [2.45, 2.75) is 18.9 Å². The Bertz CT molecular complexity index is 450. The van der Waals surface area contributed by atoms with Gasteiger partial charge in [-0.25, -0.2) is 4.98 Å². The molecular formula is C11H15BrN4O3. The van der Waals surface area contributed by atoms with E-state index in [2.05, 4.69) is 20.9 Å². The molecule has 0 aromatic carbocycles. The zero-order chi connectivity index (χ0) is 14.4. The summed E-state index contributed by atoms with van der Waals surface area (Å²) in [6, 6.07) is 1.68. The third kappa shape index (κ3) is 3.97. The van der Waals surface area contributed by atoms with Crippen LogP contribution in [0, 0.1) is 10.1 Å². The number of halogens is 1. The lowest BCUT2D eigenvalue weighted by Gasteiger charge is -2.30. The predicted octanol–water partition coefficient (Wildman–Crippen LogP) is 1.49. The van der Waals surface area contributed by atoms with Crippen molar-refractivity contribution in [1.29, 1.82) is 0 Å². The second-order valence-electron chi connectivity index (χ2n) is 4.08. The molecule has 1 aromatic heterocycles. The Balaban J connectivity index is 0.000000861. The second-order valence-corrected chi connectivity index (χ2v) is 4.99. The Labute approximate surface area is 119 Å². The number of hydrogen-bond acceptors (Lipinski definition) is 6. The zero-order valence-electron chi connectivity index (χ0n) is 10.3. The van der Waals surface area contributed by atoms with Crippen molar-refractivity contribution >= 4 is 34.2 Å². The number of piperidine rings is 1. The quantitative estimate of drug-likeness (QED) is 0.651. The molecule has 104 valence electrons. The Morgan fingerprint density at radius 3 is 2.58 bits per heavy atom. The van der Waals surface area contributed by atoms with Gasteiger partial charge >= 0.3 is 5.69 Å². The first-order chi connectivity index (χ1) is 9.08. The first kappa shape index (κ1) is 15.5. The van der Waals surface area contributed by atoms with Crippen LogP contribution in [-0.2, 0) is 4.79 Å². The predicted molar refractivity (Wildman–Crippen MR) is 75.1 cm³/mol. The average molecular weight is 331 g/mol. The molecule has 0 bridgehead atoms. The van der Waals surface area contributed by atoms with Crippen LogP contribution >= 0.6 is 15.9 Å². The van der Waals surface area contributed by atoms with Crippen LogP contribution in [0.2, 0.25) is 0 Å². The van der Waals surface area contributed by atoms with Crippen LogP contribution in [0.4, 0.5) is 11.5 Å². The molecule has 19 heavy (non-hydrogen) atoms. The summed E-state index contributed by atoms with van der Waals surface area (Å²) in [5, 5.41) is 11.0. The van der Waals surface area contributed by atoms with Crippen molar-refractivity contribution in [2.75, 3.05) is 18.0 Å². The number of nitro groups is 1. The number of nitrogens with two attached hydrogens (primary N) is 1. The second kappa shape index (κ2) is 7.15. The third-order valence-electron chi connectivity index (χ3n) is 2.85. The SMILES string of the molecule is C=O.NC1CCN(c2ncc(Br)cc2[N+](=O)[O-])CC1. The van der Waals surface area contributed by atoms with Gasteiger partial charge < -0.3 is 15.4 Å². The number of nitrogens with zero attached hydrogens (tertiary/aromatic N) is 3. The van der Waals surface area contributed by atoms with Crippen LogP contribution in [0.3, 0.4) is 0 Å². The summed E-state index contributed by atoms with van der Waals surface area (Å²) in [6.45, 7) is 3.44. The molecule has 2 rings (SSSR count). The van der Waals surface area contributed by atoms with Gasteiger partial charge in [-0.3, -0.25) is 10.1 Å². The van der Waals surface area contributed by atoms with Crippen LogP contribution in [0.25, 0.3) is 0 Å². The minimum atomic E-state index is -0.401. The maximum atomic E-state index is 11.0. The zero-order valence-corrected chi connectivity index (χ0v) is 11.9. The lowest BCUT2D eigenvalue weighted by Crippen LogP contribution is -2.40. The highest BCUT2D eigenvalue weighted by Crippen LogP contribution is 2.30. The average Bonchev–Trinajstić information content (AvgIpc) is 2.42. The molecule has 7 nitrogen and oxygen atoms in total. The van der Waals surface area contributed by atoms with E-state index in [0.717, 1.165) is 25.9 Å². The normalized spacial score (nSPS) is 15.6. The van der Waals surface area contributed by atoms with Crippen molar-refractivity contribution in [3.8, 4) is 0 Å². The molecule has 1 aromatic rings. The molecule has 1 aliphatic rings. The first-order valence-corrected chi connectivity index (χ1v) is 6.46. The van der Waals surface area contributed by atoms with Crippen molar-refractivity contribution < 1.29 is 9.72 Å². The number of anilines is 1. The maximum absolute atomic E-state index is 11.0. The van der Waals surface area contributed by atoms with E-state index in [1.54, 1.807) is 6.20 Å². The topological polar surface area (TPSA) is 102 Å². The third-order valence-corrected chi connectivity index (χ3v) is 3.28. The first-order valence-electron chi connectivity index (χ1n) is 5.67. The van der Waals surface area contributed by atoms with Crippen LogP contribution in [0.5, 0.6) is 0 Å². The summed E-state index contributed by atoms with van der Waals surface area (Å²) in [5.41, 5.74) is 5.85. The largest absolute Gasteiger partial charge is 0.351 e. The van der Waals surface area contributed by atoms with Gasteiger partial charge in [-0.2, -0.15) is 0 Å². The number of carbonyl (C=O) groups is 1. The smallest absolute Gasteiger partial charge is 0.312 e. The van der Waals surface area contributed by atoms with E-state index < -0.39 is 4.92 Å². The minimum Gasteiger partial charge on any atom is -0.351 e. The van der Waals surface area contributed by atoms with Crippen LogP contribution in [0.1, 0.15) is 12.8 Å². The number of rotatable bonds is 2. The molecule has 8 heteroatoms. The number of pyridine rings is 1. The molecule has 0 unspecified atom stereocenters. The summed E-state index contributed by atoms with van der Waals surface area (Å²) < 4.78 is 0.613. The standard InChI is InChI=1S/C10H13BrN4O2.CH2O/c11-7-5-9(15(16)17)10(13-6-7)14-3-1-8(12)2-4-14;1-2/h5-6,8H,1-4,12H2;1H2. The Morgan fingerprint density at radius 1 is 1.47 bits per heavy atom. The number of hydrogen-bond donors (Lipinski definition) is 1. The molecule has 1 fully saturated rings. The highest BCUT2D eigenvalue weighted by atomic mass is 79.9. The van der Waals surface area contributed by atoms with E-state index in [1.807, 2.05) is 11.7 Å². The molecule has 1 aliphatic heterocycles. The summed E-state index contributed by atoms with van der Waals surface area (Å²) in [7, 11) is 0. The van der Waals surface area contributed by atoms with E-state index in [4.69, 9.17) is 10.5 Å². The van der Waals surface area contributed by atoms with Gasteiger partial charge in [0.15, 0.2) is 0 Å². The highest BCUT2D eigenvalue weighted by Gasteiger charge is 2.24. The van der Waals surface area contributed by atoms with Crippen molar-refractivity contribution in [1.82, 2.24) is 4.98 Å². The molecule has 1 saturated heterocycles. The summed E-state index contributed by atoms with van der Waals surface area (Å²) in [4.78, 5) is 24.6. The molecular weight excluding hydrogens is 316 g/mol. The highest BCUT2D eigenvalue weighted by molar-refractivity contribution is 9.10. The number of carbonyl (C=O) groups excluding carboxylic acids is 1. The lowest BCUT2D eigenvalue weighted by molar-refractivity contribution is -0.384. The van der Waals surface area contributed by atoms with Gasteiger partial charge in [-0.1, -0.05) is 0 Å². The van der Waals surface area contributed by atoms with Gasteiger partial charge in [0.25, 0.3) is 0 Å². The lowest BCUT2D eigenvalue weighted by atomic mass is 10.1. The molecule has 0 radical (unpaired) electrons. The fourth-order valence-corrected chi connectivity index (χ4v) is 2.23. The van der Waals surface area contributed by atoms with Gasteiger partial charge in [-0.05, 0) is 28.8 Å². The minimum absolute atomic E-state index is 0.0369. The summed E-state index contributed by atoms with van der Waals surface area (Å²) in [5.74, 6) is 0.435. The van der Waals surface area contributed by atoms with E-state index in [-0.39, 0.29) is 11.7 Å². The fourth-order valence-electron chi connectivity index (χ4n) is 1.91. The number of aromatic nitrogens is 1. The van der Waals surface area contributed by atoms with Gasteiger partial charge in [0.1, 0.15) is 6.79 Å².